The van der Waals surface area contributed by atoms with E-state index in [4.69, 9.17) is 10.6 Å². The summed E-state index contributed by atoms with van der Waals surface area (Å²) < 4.78 is 31.5. The number of nitro groups is 1. The number of rotatable bonds is 8. The minimum atomic E-state index is -3.77. The molecule has 10 heteroatoms. The van der Waals surface area contributed by atoms with Gasteiger partial charge in [0.15, 0.2) is 0 Å². The summed E-state index contributed by atoms with van der Waals surface area (Å²) in [4.78, 5) is 10.0. The fourth-order valence-corrected chi connectivity index (χ4v) is 2.83. The molecular formula is C11H18N4O5S. The number of methoxy groups -OCH3 is 1. The topological polar surface area (TPSA) is 137 Å². The molecule has 4 N–H and O–H groups in total. The predicted octanol–water partition coefficient (Wildman–Crippen LogP) is 0.441. The third-order valence-electron chi connectivity index (χ3n) is 2.70. The van der Waals surface area contributed by atoms with Crippen molar-refractivity contribution in [1.82, 2.24) is 4.72 Å². The molecule has 118 valence electrons. The molecule has 0 aromatic heterocycles. The first-order valence-electron chi connectivity index (χ1n) is 6.05. The Hall–Kier alpha value is -1.75. The summed E-state index contributed by atoms with van der Waals surface area (Å²) in [6, 6.07) is 3.35. The van der Waals surface area contributed by atoms with E-state index in [0.717, 1.165) is 18.2 Å². The molecule has 9 nitrogen and oxygen atoms in total. The van der Waals surface area contributed by atoms with E-state index in [1.54, 1.807) is 0 Å². The van der Waals surface area contributed by atoms with E-state index in [1.165, 1.54) is 7.11 Å². The van der Waals surface area contributed by atoms with Crippen LogP contribution in [0, 0.1) is 16.0 Å². The molecule has 1 unspecified atom stereocenters. The van der Waals surface area contributed by atoms with Crippen molar-refractivity contribution < 1.29 is 18.1 Å². The Balaban J connectivity index is 2.96. The summed E-state index contributed by atoms with van der Waals surface area (Å²) in [5.74, 6) is 5.17. The molecule has 0 fully saturated rings. The van der Waals surface area contributed by atoms with Crippen LogP contribution in [-0.4, -0.2) is 33.6 Å². The van der Waals surface area contributed by atoms with Crippen LogP contribution in [0.3, 0.4) is 0 Å². The summed E-state index contributed by atoms with van der Waals surface area (Å²) in [5.41, 5.74) is 1.74. The Bertz CT molecular complexity index is 605. The van der Waals surface area contributed by atoms with Gasteiger partial charge in [0.1, 0.15) is 5.69 Å². The number of benzene rings is 1. The van der Waals surface area contributed by atoms with Crippen LogP contribution in [0.1, 0.15) is 6.92 Å². The van der Waals surface area contributed by atoms with Crippen LogP contribution in [-0.2, 0) is 14.8 Å². The predicted molar refractivity (Wildman–Crippen MR) is 77.1 cm³/mol. The monoisotopic (exact) mass is 318 g/mol. The van der Waals surface area contributed by atoms with Gasteiger partial charge in [0.2, 0.25) is 10.0 Å². The number of hydrogen-bond acceptors (Lipinski definition) is 7. The molecule has 21 heavy (non-hydrogen) atoms. The van der Waals surface area contributed by atoms with Crippen molar-refractivity contribution in [2.75, 3.05) is 25.7 Å². The zero-order chi connectivity index (χ0) is 16.0. The van der Waals surface area contributed by atoms with Gasteiger partial charge in [-0.2, -0.15) is 0 Å². The lowest BCUT2D eigenvalue weighted by Crippen LogP contribution is -2.30. The first-order valence-corrected chi connectivity index (χ1v) is 7.53. The van der Waals surface area contributed by atoms with Gasteiger partial charge in [-0.05, 0) is 18.1 Å². The minimum Gasteiger partial charge on any atom is -0.384 e. The summed E-state index contributed by atoms with van der Waals surface area (Å²) in [7, 11) is -2.24. The molecule has 0 saturated heterocycles. The fourth-order valence-electron chi connectivity index (χ4n) is 1.64. The number of hydrogen-bond donors (Lipinski definition) is 3. The number of hydrazine groups is 1. The molecule has 0 amide bonds. The van der Waals surface area contributed by atoms with E-state index in [1.807, 2.05) is 6.92 Å². The minimum absolute atomic E-state index is 0.00470. The summed E-state index contributed by atoms with van der Waals surface area (Å²) in [5, 5.41) is 10.8. The van der Waals surface area contributed by atoms with Gasteiger partial charge in [-0.25, -0.2) is 13.1 Å². The zero-order valence-corrected chi connectivity index (χ0v) is 12.5. The Morgan fingerprint density at radius 3 is 2.67 bits per heavy atom. The highest BCUT2D eigenvalue weighted by atomic mass is 32.2. The summed E-state index contributed by atoms with van der Waals surface area (Å²) in [6.45, 7) is 2.44. The molecule has 0 aliphatic carbocycles. The fraction of sp³-hybridized carbons (Fsp3) is 0.455. The highest BCUT2D eigenvalue weighted by Crippen LogP contribution is 2.26. The maximum Gasteiger partial charge on any atom is 0.293 e. The van der Waals surface area contributed by atoms with Gasteiger partial charge in [0.05, 0.1) is 9.82 Å². The maximum atomic E-state index is 12.1. The summed E-state index contributed by atoms with van der Waals surface area (Å²) >= 11 is 0. The lowest BCUT2D eigenvalue weighted by molar-refractivity contribution is -0.384. The molecule has 1 rings (SSSR count). The number of sulfonamides is 1. The Morgan fingerprint density at radius 2 is 2.14 bits per heavy atom. The average Bonchev–Trinajstić information content (AvgIpc) is 2.44. The molecule has 1 aromatic rings. The van der Waals surface area contributed by atoms with Crippen molar-refractivity contribution in [3.63, 3.8) is 0 Å². The van der Waals surface area contributed by atoms with Gasteiger partial charge >= 0.3 is 0 Å². The van der Waals surface area contributed by atoms with Crippen LogP contribution in [0.25, 0.3) is 0 Å². The van der Waals surface area contributed by atoms with E-state index in [2.05, 4.69) is 10.1 Å². The van der Waals surface area contributed by atoms with Crippen LogP contribution in [0.4, 0.5) is 11.4 Å². The van der Waals surface area contributed by atoms with E-state index in [9.17, 15) is 18.5 Å². The van der Waals surface area contributed by atoms with Crippen molar-refractivity contribution in [2.24, 2.45) is 11.8 Å². The number of nitrogen functional groups attached to an aromatic ring is 1. The average molecular weight is 318 g/mol. The first-order chi connectivity index (χ1) is 9.81. The van der Waals surface area contributed by atoms with Crippen LogP contribution < -0.4 is 16.0 Å². The molecular weight excluding hydrogens is 300 g/mol. The van der Waals surface area contributed by atoms with Gasteiger partial charge in [0, 0.05) is 26.3 Å². The lowest BCUT2D eigenvalue weighted by atomic mass is 10.2. The van der Waals surface area contributed by atoms with E-state index < -0.39 is 14.9 Å². The smallest absolute Gasteiger partial charge is 0.293 e. The number of nitro benzene ring substituents is 1. The third kappa shape index (κ3) is 4.63. The molecule has 0 aliphatic heterocycles. The molecule has 0 spiro atoms. The van der Waals surface area contributed by atoms with Crippen molar-refractivity contribution in [3.05, 3.63) is 28.3 Å². The Labute approximate surface area is 122 Å². The van der Waals surface area contributed by atoms with Crippen molar-refractivity contribution in [1.29, 1.82) is 0 Å². The Morgan fingerprint density at radius 1 is 1.48 bits per heavy atom. The van der Waals surface area contributed by atoms with E-state index in [-0.39, 0.29) is 28.7 Å². The molecule has 1 aromatic carbocycles. The number of ether oxygens (including phenoxy) is 1. The summed E-state index contributed by atoms with van der Waals surface area (Å²) in [6.07, 6.45) is 0. The van der Waals surface area contributed by atoms with Crippen molar-refractivity contribution in [2.45, 2.75) is 11.8 Å². The van der Waals surface area contributed by atoms with Gasteiger partial charge in [-0.15, -0.1) is 0 Å². The van der Waals surface area contributed by atoms with Crippen LogP contribution in [0.5, 0.6) is 0 Å². The highest BCUT2D eigenvalue weighted by Gasteiger charge is 2.20. The van der Waals surface area contributed by atoms with Gasteiger partial charge < -0.3 is 10.2 Å². The SMILES string of the molecule is COCC(C)CNS(=O)(=O)c1ccc([N+](=O)[O-])c(NN)c1. The van der Waals surface area contributed by atoms with E-state index >= 15 is 0 Å². The van der Waals surface area contributed by atoms with Crippen molar-refractivity contribution in [3.8, 4) is 0 Å². The molecule has 0 bridgehead atoms. The van der Waals surface area contributed by atoms with Crippen LogP contribution >= 0.6 is 0 Å². The Kier molecular flexibility index (Phi) is 6.03. The molecule has 0 heterocycles. The van der Waals surface area contributed by atoms with Gasteiger partial charge in [0.25, 0.3) is 5.69 Å². The molecule has 0 saturated carbocycles. The lowest BCUT2D eigenvalue weighted by Gasteiger charge is -2.12. The normalized spacial score (nSPS) is 12.9. The van der Waals surface area contributed by atoms with Crippen LogP contribution in [0.2, 0.25) is 0 Å². The third-order valence-corrected chi connectivity index (χ3v) is 4.12. The number of nitrogens with one attached hydrogen (secondary N) is 2. The second kappa shape index (κ2) is 7.31. The van der Waals surface area contributed by atoms with E-state index in [0.29, 0.717) is 6.61 Å². The highest BCUT2D eigenvalue weighted by molar-refractivity contribution is 7.89. The van der Waals surface area contributed by atoms with Crippen LogP contribution in [0.15, 0.2) is 23.1 Å². The second-order valence-corrected chi connectivity index (χ2v) is 6.26. The number of nitrogens with zero attached hydrogens (tertiary/aromatic N) is 1. The molecule has 1 atom stereocenters. The van der Waals surface area contributed by atoms with Crippen molar-refractivity contribution >= 4 is 21.4 Å². The largest absolute Gasteiger partial charge is 0.384 e. The maximum absolute atomic E-state index is 12.1. The second-order valence-electron chi connectivity index (χ2n) is 4.49. The molecule has 0 aliphatic rings. The molecule has 0 radical (unpaired) electrons. The van der Waals surface area contributed by atoms with Gasteiger partial charge in [-0.1, -0.05) is 6.92 Å². The number of anilines is 1. The first kappa shape index (κ1) is 17.3. The zero-order valence-electron chi connectivity index (χ0n) is 11.7. The number of nitrogens with two attached hydrogens (primary N) is 1. The van der Waals surface area contributed by atoms with Gasteiger partial charge in [-0.3, -0.25) is 16.0 Å². The standard InChI is InChI=1S/C11H18N4O5S/c1-8(7-20-2)6-13-21(18,19)9-3-4-11(15(16)17)10(5-9)14-12/h3-5,8,13-14H,6-7,12H2,1-2H3. The quantitative estimate of drug-likeness (QED) is 0.359.